The lowest BCUT2D eigenvalue weighted by Crippen LogP contribution is -2.51. The van der Waals surface area contributed by atoms with Crippen LogP contribution in [0.1, 0.15) is 98.3 Å². The molecule has 0 aromatic rings. The minimum absolute atomic E-state index is 0.142. The Labute approximate surface area is 166 Å². The molecule has 8 atom stereocenters. The van der Waals surface area contributed by atoms with E-state index in [0.717, 1.165) is 42.9 Å². The summed E-state index contributed by atoms with van der Waals surface area (Å²) in [6.45, 7) is 9.11. The highest BCUT2D eigenvalue weighted by atomic mass is 16.3. The number of hydrogen-bond acceptors (Lipinski definition) is 2. The molecule has 0 spiro atoms. The van der Waals surface area contributed by atoms with E-state index in [1.54, 1.807) is 5.57 Å². The Morgan fingerprint density at radius 2 is 1.85 bits per heavy atom. The second-order valence-electron chi connectivity index (χ2n) is 11.5. The maximum Gasteiger partial charge on any atom is 0.0657 e. The molecular formula is C25H42O2. The number of aliphatic hydroxyl groups is 2. The van der Waals surface area contributed by atoms with Crippen molar-refractivity contribution >= 4 is 0 Å². The minimum atomic E-state index is -0.482. The van der Waals surface area contributed by atoms with Crippen molar-refractivity contribution < 1.29 is 10.2 Å². The van der Waals surface area contributed by atoms with Crippen LogP contribution in [0.15, 0.2) is 11.6 Å². The fourth-order valence-corrected chi connectivity index (χ4v) is 8.05. The fourth-order valence-electron chi connectivity index (χ4n) is 8.05. The van der Waals surface area contributed by atoms with Gasteiger partial charge in [0.15, 0.2) is 0 Å². The predicted molar refractivity (Wildman–Crippen MR) is 111 cm³/mol. The van der Waals surface area contributed by atoms with Crippen LogP contribution in [0.3, 0.4) is 0 Å². The standard InChI is InChI=1S/C25H42O2/c1-17(26)6-5-7-18-9-11-21-20-10-8-19-16-23(2,27)14-15-25(19,4)22(20)12-13-24(18,21)3/h8,17-18,20-22,26-27H,5-7,9-16H2,1-4H3/t17?,18?,20-,21?,22?,23-,24?,25?/m0/s1. The molecule has 0 bridgehead atoms. The SMILES string of the molecule is CC(O)CCCC1CCC2[C@@H]3CC=C4C[C@@](C)(O)CCC4(C)C3CCC12C. The van der Waals surface area contributed by atoms with Gasteiger partial charge in [-0.05, 0) is 113 Å². The molecule has 2 heteroatoms. The first-order valence-corrected chi connectivity index (χ1v) is 11.8. The van der Waals surface area contributed by atoms with Crippen LogP contribution in [0.25, 0.3) is 0 Å². The molecular weight excluding hydrogens is 332 g/mol. The number of fused-ring (bicyclic) bond motifs is 5. The smallest absolute Gasteiger partial charge is 0.0657 e. The zero-order valence-electron chi connectivity index (χ0n) is 18.1. The van der Waals surface area contributed by atoms with Gasteiger partial charge in [-0.15, -0.1) is 0 Å². The Kier molecular flexibility index (Phi) is 5.08. The molecule has 0 amide bonds. The molecule has 3 saturated carbocycles. The van der Waals surface area contributed by atoms with Crippen LogP contribution in [0.5, 0.6) is 0 Å². The van der Waals surface area contributed by atoms with Gasteiger partial charge in [0.05, 0.1) is 11.7 Å². The summed E-state index contributed by atoms with van der Waals surface area (Å²) in [5.74, 6) is 3.46. The van der Waals surface area contributed by atoms with E-state index < -0.39 is 5.60 Å². The van der Waals surface area contributed by atoms with Crippen LogP contribution in [0.2, 0.25) is 0 Å². The summed E-state index contributed by atoms with van der Waals surface area (Å²) < 4.78 is 0. The Balaban J connectivity index is 1.51. The zero-order valence-corrected chi connectivity index (χ0v) is 18.1. The lowest BCUT2D eigenvalue weighted by Gasteiger charge is -2.59. The van der Waals surface area contributed by atoms with Gasteiger partial charge in [0, 0.05) is 0 Å². The normalized spacial score (nSPS) is 50.4. The molecule has 2 nitrogen and oxygen atoms in total. The number of allylic oxidation sites excluding steroid dienone is 1. The van der Waals surface area contributed by atoms with Gasteiger partial charge in [-0.25, -0.2) is 0 Å². The molecule has 2 N–H and O–H groups in total. The molecule has 4 aliphatic carbocycles. The van der Waals surface area contributed by atoms with Crippen molar-refractivity contribution in [3.63, 3.8) is 0 Å². The second-order valence-corrected chi connectivity index (χ2v) is 11.5. The monoisotopic (exact) mass is 374 g/mol. The van der Waals surface area contributed by atoms with Crippen molar-refractivity contribution in [1.82, 2.24) is 0 Å². The van der Waals surface area contributed by atoms with E-state index in [0.29, 0.717) is 10.8 Å². The molecule has 0 aromatic carbocycles. The number of hydrogen-bond donors (Lipinski definition) is 2. The molecule has 0 aliphatic heterocycles. The largest absolute Gasteiger partial charge is 0.393 e. The van der Waals surface area contributed by atoms with Crippen LogP contribution < -0.4 is 0 Å². The molecule has 0 radical (unpaired) electrons. The molecule has 27 heavy (non-hydrogen) atoms. The van der Waals surface area contributed by atoms with Crippen molar-refractivity contribution in [3.05, 3.63) is 11.6 Å². The highest BCUT2D eigenvalue weighted by Gasteiger charge is 2.58. The van der Waals surface area contributed by atoms with Gasteiger partial charge < -0.3 is 10.2 Å². The van der Waals surface area contributed by atoms with Crippen molar-refractivity contribution in [1.29, 1.82) is 0 Å². The second kappa shape index (κ2) is 6.87. The van der Waals surface area contributed by atoms with E-state index in [-0.39, 0.29) is 6.10 Å². The van der Waals surface area contributed by atoms with Crippen molar-refractivity contribution in [2.45, 2.75) is 110 Å². The van der Waals surface area contributed by atoms with Gasteiger partial charge in [0.1, 0.15) is 0 Å². The van der Waals surface area contributed by atoms with Crippen molar-refractivity contribution in [3.8, 4) is 0 Å². The highest BCUT2D eigenvalue weighted by molar-refractivity contribution is 5.26. The fraction of sp³-hybridized carbons (Fsp3) is 0.920. The first-order chi connectivity index (χ1) is 12.7. The molecule has 0 heterocycles. The van der Waals surface area contributed by atoms with Gasteiger partial charge in [0.25, 0.3) is 0 Å². The first-order valence-electron chi connectivity index (χ1n) is 11.8. The summed E-state index contributed by atoms with van der Waals surface area (Å²) >= 11 is 0. The maximum absolute atomic E-state index is 10.6. The summed E-state index contributed by atoms with van der Waals surface area (Å²) in [5, 5.41) is 20.2. The summed E-state index contributed by atoms with van der Waals surface area (Å²) in [6, 6.07) is 0. The lowest BCUT2D eigenvalue weighted by atomic mass is 9.46. The Morgan fingerprint density at radius 1 is 1.07 bits per heavy atom. The lowest BCUT2D eigenvalue weighted by molar-refractivity contribution is -0.0662. The Morgan fingerprint density at radius 3 is 2.59 bits per heavy atom. The molecule has 6 unspecified atom stereocenters. The summed E-state index contributed by atoms with van der Waals surface area (Å²) in [6.07, 6.45) is 15.8. The van der Waals surface area contributed by atoms with Crippen LogP contribution >= 0.6 is 0 Å². The molecule has 154 valence electrons. The molecule has 3 fully saturated rings. The minimum Gasteiger partial charge on any atom is -0.393 e. The number of aliphatic hydroxyl groups excluding tert-OH is 1. The van der Waals surface area contributed by atoms with Crippen LogP contribution in [0, 0.1) is 34.5 Å². The van der Waals surface area contributed by atoms with E-state index in [1.807, 2.05) is 13.8 Å². The Bertz CT molecular complexity index is 591. The average molecular weight is 375 g/mol. The van der Waals surface area contributed by atoms with Gasteiger partial charge in [-0.2, -0.15) is 0 Å². The van der Waals surface area contributed by atoms with Crippen LogP contribution in [0.4, 0.5) is 0 Å². The van der Waals surface area contributed by atoms with E-state index in [1.165, 1.54) is 51.4 Å². The molecule has 4 aliphatic rings. The number of rotatable bonds is 4. The zero-order chi connectivity index (χ0) is 19.4. The quantitative estimate of drug-likeness (QED) is 0.604. The van der Waals surface area contributed by atoms with Crippen molar-refractivity contribution in [2.75, 3.05) is 0 Å². The summed E-state index contributed by atoms with van der Waals surface area (Å²) in [7, 11) is 0. The highest BCUT2D eigenvalue weighted by Crippen LogP contribution is 2.67. The maximum atomic E-state index is 10.6. The summed E-state index contributed by atoms with van der Waals surface area (Å²) in [5.41, 5.74) is 1.97. The average Bonchev–Trinajstić information content (AvgIpc) is 2.92. The predicted octanol–water partition coefficient (Wildman–Crippen LogP) is 5.87. The van der Waals surface area contributed by atoms with E-state index in [4.69, 9.17) is 0 Å². The van der Waals surface area contributed by atoms with E-state index in [2.05, 4.69) is 19.9 Å². The van der Waals surface area contributed by atoms with Gasteiger partial charge in [-0.3, -0.25) is 0 Å². The molecule has 0 saturated heterocycles. The van der Waals surface area contributed by atoms with Gasteiger partial charge in [-0.1, -0.05) is 31.9 Å². The van der Waals surface area contributed by atoms with Gasteiger partial charge in [0.2, 0.25) is 0 Å². The summed E-state index contributed by atoms with van der Waals surface area (Å²) in [4.78, 5) is 0. The molecule has 4 rings (SSSR count). The van der Waals surface area contributed by atoms with Crippen LogP contribution in [-0.4, -0.2) is 21.9 Å². The Hall–Kier alpha value is -0.340. The van der Waals surface area contributed by atoms with Crippen molar-refractivity contribution in [2.24, 2.45) is 34.5 Å². The molecule has 0 aromatic heterocycles. The first kappa shape index (κ1) is 20.0. The third-order valence-corrected chi connectivity index (χ3v) is 9.75. The van der Waals surface area contributed by atoms with E-state index >= 15 is 0 Å². The van der Waals surface area contributed by atoms with E-state index in [9.17, 15) is 10.2 Å². The third-order valence-electron chi connectivity index (χ3n) is 9.75. The van der Waals surface area contributed by atoms with Gasteiger partial charge >= 0.3 is 0 Å². The van der Waals surface area contributed by atoms with Crippen LogP contribution in [-0.2, 0) is 0 Å². The third kappa shape index (κ3) is 3.33. The topological polar surface area (TPSA) is 40.5 Å².